The molecule has 1 atom stereocenters. The van der Waals surface area contributed by atoms with Gasteiger partial charge in [-0.25, -0.2) is 4.98 Å². The number of benzene rings is 2. The van der Waals surface area contributed by atoms with E-state index in [2.05, 4.69) is 28.6 Å². The number of nitrogens with zero attached hydrogens (tertiary/aromatic N) is 3. The maximum Gasteiger partial charge on any atom is 0.522 e. The molecular formula is C32H40F3N3O3. The molecule has 9 heteroatoms. The van der Waals surface area contributed by atoms with E-state index in [9.17, 15) is 18.0 Å². The smallest absolute Gasteiger partial charge is 0.476 e. The first kappa shape index (κ1) is 32.2. The second-order valence-electron chi connectivity index (χ2n) is 10.9. The van der Waals surface area contributed by atoms with Gasteiger partial charge in [-0.2, -0.15) is 4.98 Å². The Balaban J connectivity index is 1.84. The largest absolute Gasteiger partial charge is 0.522 e. The van der Waals surface area contributed by atoms with Crippen LogP contribution in [-0.2, 0) is 4.74 Å². The lowest BCUT2D eigenvalue weighted by atomic mass is 10.00. The van der Waals surface area contributed by atoms with E-state index in [-0.39, 0.29) is 43.9 Å². The molecule has 0 aliphatic carbocycles. The van der Waals surface area contributed by atoms with Crippen molar-refractivity contribution in [1.82, 2.24) is 14.9 Å². The molecule has 0 aliphatic rings. The summed E-state index contributed by atoms with van der Waals surface area (Å²) in [6.45, 7) is 11.9. The summed E-state index contributed by atoms with van der Waals surface area (Å²) in [6.07, 6.45) is -3.91. The first-order chi connectivity index (χ1) is 19.3. The molecule has 0 radical (unpaired) electrons. The molecule has 0 fully saturated rings. The molecule has 3 aromatic rings. The van der Waals surface area contributed by atoms with Gasteiger partial charge in [0.1, 0.15) is 12.4 Å². The molecule has 1 heterocycles. The van der Waals surface area contributed by atoms with Crippen molar-refractivity contribution in [2.75, 3.05) is 26.3 Å². The number of carbonyl (C=O) groups excluding carboxylic acids is 1. The minimum absolute atomic E-state index is 0.0483. The van der Waals surface area contributed by atoms with Gasteiger partial charge in [-0.05, 0) is 63.6 Å². The number of alkyl halides is 3. The van der Waals surface area contributed by atoms with Crippen molar-refractivity contribution in [1.29, 1.82) is 0 Å². The Bertz CT molecular complexity index is 1290. The minimum Gasteiger partial charge on any atom is -0.476 e. The normalized spacial score (nSPS) is 12.7. The molecule has 1 aromatic heterocycles. The summed E-state index contributed by atoms with van der Waals surface area (Å²) in [4.78, 5) is 24.3. The zero-order valence-corrected chi connectivity index (χ0v) is 24.7. The molecule has 0 saturated carbocycles. The average Bonchev–Trinajstić information content (AvgIpc) is 2.87. The van der Waals surface area contributed by atoms with Crippen molar-refractivity contribution in [3.8, 4) is 17.1 Å². The number of hydrogen-bond donors (Lipinski definition) is 0. The maximum atomic E-state index is 13.3. The zero-order valence-electron chi connectivity index (χ0n) is 24.7. The third-order valence-corrected chi connectivity index (χ3v) is 6.78. The standard InChI is InChI=1S/C32H40F3N3O3/c1-21(2)16-27(20-40-30-18-28(36-25(6)37-30)31-23(4)11-8-12-24(31)5)38(14-9-15-41-32(33,34)35)19-29(39)26-13-7-10-22(3)17-26/h7-8,10-13,17-18,21,27H,9,14-16,19-20H2,1-6H3/t27-/m1/s1. The van der Waals surface area contributed by atoms with E-state index in [0.717, 1.165) is 27.9 Å². The van der Waals surface area contributed by atoms with Crippen molar-refractivity contribution in [3.05, 3.63) is 76.6 Å². The molecule has 0 bridgehead atoms. The molecular weight excluding hydrogens is 531 g/mol. The van der Waals surface area contributed by atoms with Crippen molar-refractivity contribution in [2.45, 2.75) is 66.8 Å². The van der Waals surface area contributed by atoms with Crippen molar-refractivity contribution in [3.63, 3.8) is 0 Å². The lowest BCUT2D eigenvalue weighted by Gasteiger charge is -2.32. The maximum absolute atomic E-state index is 13.3. The number of halogens is 3. The quantitative estimate of drug-likeness (QED) is 0.150. The Labute approximate surface area is 240 Å². The van der Waals surface area contributed by atoms with Crippen LogP contribution in [0.1, 0.15) is 59.6 Å². The van der Waals surface area contributed by atoms with Crippen LogP contribution in [0.5, 0.6) is 5.88 Å². The zero-order chi connectivity index (χ0) is 30.2. The van der Waals surface area contributed by atoms with Gasteiger partial charge >= 0.3 is 6.36 Å². The van der Waals surface area contributed by atoms with E-state index >= 15 is 0 Å². The van der Waals surface area contributed by atoms with Crippen LogP contribution in [0.25, 0.3) is 11.3 Å². The van der Waals surface area contributed by atoms with Gasteiger partial charge in [0.25, 0.3) is 0 Å². The van der Waals surface area contributed by atoms with Crippen LogP contribution in [0, 0.1) is 33.6 Å². The minimum atomic E-state index is -4.69. The topological polar surface area (TPSA) is 64.6 Å². The Morgan fingerprint density at radius 2 is 1.66 bits per heavy atom. The van der Waals surface area contributed by atoms with Crippen LogP contribution in [0.4, 0.5) is 13.2 Å². The summed E-state index contributed by atoms with van der Waals surface area (Å²) < 4.78 is 48.0. The Kier molecular flexibility index (Phi) is 11.4. The van der Waals surface area contributed by atoms with E-state index < -0.39 is 13.0 Å². The molecule has 0 N–H and O–H groups in total. The fourth-order valence-corrected chi connectivity index (χ4v) is 4.95. The van der Waals surface area contributed by atoms with Crippen LogP contribution in [0.3, 0.4) is 0 Å². The highest BCUT2D eigenvalue weighted by molar-refractivity contribution is 5.97. The fraction of sp³-hybridized carbons (Fsp3) is 0.469. The SMILES string of the molecule is Cc1cccc(C(=O)CN(CCCOC(F)(F)F)[C@@H](COc2cc(-c3c(C)cccc3C)nc(C)n2)CC(C)C)c1. The van der Waals surface area contributed by atoms with Crippen LogP contribution in [0.15, 0.2) is 48.5 Å². The Morgan fingerprint density at radius 3 is 2.29 bits per heavy atom. The third kappa shape index (κ3) is 10.2. The molecule has 0 aliphatic heterocycles. The van der Waals surface area contributed by atoms with E-state index in [1.165, 1.54) is 0 Å². The number of ether oxygens (including phenoxy) is 2. The fourth-order valence-electron chi connectivity index (χ4n) is 4.95. The number of aromatic nitrogens is 2. The van der Waals surface area contributed by atoms with E-state index in [0.29, 0.717) is 23.7 Å². The summed E-state index contributed by atoms with van der Waals surface area (Å²) in [5, 5.41) is 0. The molecule has 222 valence electrons. The average molecular weight is 572 g/mol. The van der Waals surface area contributed by atoms with Crippen molar-refractivity contribution in [2.24, 2.45) is 5.92 Å². The van der Waals surface area contributed by atoms with Crippen LogP contribution < -0.4 is 4.74 Å². The van der Waals surface area contributed by atoms with Crippen LogP contribution >= 0.6 is 0 Å². The predicted molar refractivity (Wildman–Crippen MR) is 154 cm³/mol. The van der Waals surface area contributed by atoms with Gasteiger partial charge in [-0.3, -0.25) is 14.4 Å². The number of carbonyl (C=O) groups is 1. The van der Waals surface area contributed by atoms with Gasteiger partial charge in [0.2, 0.25) is 5.88 Å². The number of aryl methyl sites for hydroxylation is 4. The van der Waals surface area contributed by atoms with Crippen molar-refractivity contribution < 1.29 is 27.4 Å². The third-order valence-electron chi connectivity index (χ3n) is 6.78. The second kappa shape index (κ2) is 14.5. The molecule has 41 heavy (non-hydrogen) atoms. The number of ketones is 1. The molecule has 0 amide bonds. The molecule has 0 spiro atoms. The van der Waals surface area contributed by atoms with Gasteiger partial charge < -0.3 is 4.74 Å². The molecule has 2 aromatic carbocycles. The van der Waals surface area contributed by atoms with Gasteiger partial charge in [-0.15, -0.1) is 13.2 Å². The number of rotatable bonds is 14. The van der Waals surface area contributed by atoms with Crippen LogP contribution in [-0.4, -0.2) is 59.4 Å². The Morgan fingerprint density at radius 1 is 0.976 bits per heavy atom. The highest BCUT2D eigenvalue weighted by atomic mass is 19.4. The number of Topliss-reactive ketones (excluding diaryl/α,β-unsaturated/α-hetero) is 1. The van der Waals surface area contributed by atoms with E-state index in [4.69, 9.17) is 4.74 Å². The second-order valence-corrected chi connectivity index (χ2v) is 10.9. The lowest BCUT2D eigenvalue weighted by molar-refractivity contribution is -0.324. The monoisotopic (exact) mass is 571 g/mol. The number of hydrogen-bond acceptors (Lipinski definition) is 6. The van der Waals surface area contributed by atoms with Gasteiger partial charge in [0.05, 0.1) is 18.8 Å². The highest BCUT2D eigenvalue weighted by Gasteiger charge is 2.29. The highest BCUT2D eigenvalue weighted by Crippen LogP contribution is 2.28. The van der Waals surface area contributed by atoms with E-state index in [1.807, 2.05) is 75.1 Å². The first-order valence-corrected chi connectivity index (χ1v) is 13.9. The predicted octanol–water partition coefficient (Wildman–Crippen LogP) is 7.28. The molecule has 0 saturated heterocycles. The van der Waals surface area contributed by atoms with E-state index in [1.54, 1.807) is 6.07 Å². The van der Waals surface area contributed by atoms with Gasteiger partial charge in [-0.1, -0.05) is 55.8 Å². The van der Waals surface area contributed by atoms with Crippen molar-refractivity contribution >= 4 is 5.78 Å². The molecule has 3 rings (SSSR count). The Hall–Kier alpha value is -3.30. The summed E-state index contributed by atoms with van der Waals surface area (Å²) in [5.74, 6) is 1.13. The lowest BCUT2D eigenvalue weighted by Crippen LogP contribution is -2.44. The molecule has 6 nitrogen and oxygen atoms in total. The summed E-state index contributed by atoms with van der Waals surface area (Å²) in [6, 6.07) is 15.0. The summed E-state index contributed by atoms with van der Waals surface area (Å²) >= 11 is 0. The summed E-state index contributed by atoms with van der Waals surface area (Å²) in [7, 11) is 0. The van der Waals surface area contributed by atoms with Crippen LogP contribution in [0.2, 0.25) is 0 Å². The van der Waals surface area contributed by atoms with Gasteiger partial charge in [0, 0.05) is 29.8 Å². The first-order valence-electron chi connectivity index (χ1n) is 13.9. The molecule has 0 unspecified atom stereocenters. The summed E-state index contributed by atoms with van der Waals surface area (Å²) in [5.41, 5.74) is 5.50. The van der Waals surface area contributed by atoms with Gasteiger partial charge in [0.15, 0.2) is 5.78 Å².